The van der Waals surface area contributed by atoms with E-state index in [4.69, 9.17) is 5.11 Å². The second kappa shape index (κ2) is 5.35. The monoisotopic (exact) mass is 201 g/mol. The van der Waals surface area contributed by atoms with Gasteiger partial charge in [-0.05, 0) is 11.3 Å². The van der Waals surface area contributed by atoms with Gasteiger partial charge in [0.05, 0.1) is 12.5 Å². The van der Waals surface area contributed by atoms with Crippen LogP contribution in [0.3, 0.4) is 0 Å². The Labute approximate surface area is 86.9 Å². The zero-order valence-electron chi connectivity index (χ0n) is 9.92. The minimum Gasteiger partial charge on any atom is -0.396 e. The lowest BCUT2D eigenvalue weighted by Gasteiger charge is -2.22. The molecule has 1 atom stereocenters. The summed E-state index contributed by atoms with van der Waals surface area (Å²) in [5, 5.41) is 11.9. The van der Waals surface area contributed by atoms with Crippen LogP contribution in [0, 0.1) is 17.3 Å². The molecule has 0 aromatic carbocycles. The molecule has 0 fully saturated rings. The van der Waals surface area contributed by atoms with E-state index in [1.165, 1.54) is 0 Å². The first-order chi connectivity index (χ1) is 6.28. The fraction of sp³-hybridized carbons (Fsp3) is 0.909. The quantitative estimate of drug-likeness (QED) is 0.722. The minimum atomic E-state index is -0.280. The Kier molecular flexibility index (Phi) is 5.13. The number of nitrogens with one attached hydrogen (secondary N) is 1. The lowest BCUT2D eigenvalue weighted by atomic mass is 9.93. The largest absolute Gasteiger partial charge is 0.396 e. The number of aliphatic hydroxyl groups is 1. The Morgan fingerprint density at radius 1 is 1.36 bits per heavy atom. The van der Waals surface area contributed by atoms with Crippen LogP contribution in [0.5, 0.6) is 0 Å². The first-order valence-electron chi connectivity index (χ1n) is 5.16. The van der Waals surface area contributed by atoms with Gasteiger partial charge in [0.25, 0.3) is 0 Å². The second-order valence-corrected chi connectivity index (χ2v) is 5.31. The highest BCUT2D eigenvalue weighted by Gasteiger charge is 2.22. The van der Waals surface area contributed by atoms with Crippen LogP contribution in [0.25, 0.3) is 0 Å². The van der Waals surface area contributed by atoms with Gasteiger partial charge in [-0.3, -0.25) is 4.79 Å². The van der Waals surface area contributed by atoms with E-state index >= 15 is 0 Å². The third kappa shape index (κ3) is 5.22. The minimum absolute atomic E-state index is 0.0441. The fourth-order valence-corrected chi connectivity index (χ4v) is 1.08. The van der Waals surface area contributed by atoms with Crippen molar-refractivity contribution in [2.24, 2.45) is 17.3 Å². The predicted octanol–water partition coefficient (Wildman–Crippen LogP) is 1.41. The normalized spacial score (nSPS) is 14.2. The lowest BCUT2D eigenvalue weighted by Crippen LogP contribution is -2.39. The maximum Gasteiger partial charge on any atom is 0.225 e. The average Bonchev–Trinajstić information content (AvgIpc) is 2.00. The van der Waals surface area contributed by atoms with Gasteiger partial charge in [0.2, 0.25) is 5.91 Å². The highest BCUT2D eigenvalue weighted by Crippen LogP contribution is 2.13. The van der Waals surface area contributed by atoms with E-state index in [0.29, 0.717) is 6.54 Å². The van der Waals surface area contributed by atoms with Gasteiger partial charge >= 0.3 is 0 Å². The van der Waals surface area contributed by atoms with E-state index in [2.05, 4.69) is 26.1 Å². The van der Waals surface area contributed by atoms with Crippen molar-refractivity contribution < 1.29 is 9.90 Å². The van der Waals surface area contributed by atoms with Crippen molar-refractivity contribution in [1.29, 1.82) is 0 Å². The molecule has 3 heteroatoms. The molecule has 0 heterocycles. The SMILES string of the molecule is CC(C)C(CO)C(=O)NCC(C)(C)C. The maximum atomic E-state index is 11.6. The van der Waals surface area contributed by atoms with E-state index in [1.54, 1.807) is 0 Å². The van der Waals surface area contributed by atoms with Crippen LogP contribution in [0.15, 0.2) is 0 Å². The van der Waals surface area contributed by atoms with Crippen molar-refractivity contribution in [2.45, 2.75) is 34.6 Å². The van der Waals surface area contributed by atoms with E-state index in [-0.39, 0.29) is 29.8 Å². The molecule has 0 aliphatic heterocycles. The van der Waals surface area contributed by atoms with Gasteiger partial charge in [0.1, 0.15) is 0 Å². The maximum absolute atomic E-state index is 11.6. The molecule has 0 spiro atoms. The molecule has 0 aromatic rings. The summed E-state index contributed by atoms with van der Waals surface area (Å²) in [5.41, 5.74) is 0.0899. The highest BCUT2D eigenvalue weighted by atomic mass is 16.3. The molecule has 0 radical (unpaired) electrons. The number of rotatable bonds is 4. The van der Waals surface area contributed by atoms with Crippen molar-refractivity contribution >= 4 is 5.91 Å². The average molecular weight is 201 g/mol. The summed E-state index contributed by atoms with van der Waals surface area (Å²) in [6.45, 7) is 10.7. The van der Waals surface area contributed by atoms with E-state index < -0.39 is 0 Å². The molecule has 0 saturated carbocycles. The van der Waals surface area contributed by atoms with Crippen LogP contribution in [0.2, 0.25) is 0 Å². The van der Waals surface area contributed by atoms with Crippen molar-refractivity contribution in [2.75, 3.05) is 13.2 Å². The number of aliphatic hydroxyl groups excluding tert-OH is 1. The zero-order valence-corrected chi connectivity index (χ0v) is 9.92. The van der Waals surface area contributed by atoms with Crippen LogP contribution >= 0.6 is 0 Å². The van der Waals surface area contributed by atoms with Crippen molar-refractivity contribution in [3.8, 4) is 0 Å². The summed E-state index contributed by atoms with van der Waals surface area (Å²) in [7, 11) is 0. The summed E-state index contributed by atoms with van der Waals surface area (Å²) in [5.74, 6) is -0.144. The van der Waals surface area contributed by atoms with Crippen molar-refractivity contribution in [3.05, 3.63) is 0 Å². The molecule has 0 aliphatic rings. The molecule has 1 unspecified atom stereocenters. The van der Waals surface area contributed by atoms with Gasteiger partial charge in [0, 0.05) is 6.54 Å². The van der Waals surface area contributed by atoms with Crippen LogP contribution in [0.1, 0.15) is 34.6 Å². The molecule has 0 bridgehead atoms. The zero-order chi connectivity index (χ0) is 11.4. The van der Waals surface area contributed by atoms with Gasteiger partial charge in [-0.15, -0.1) is 0 Å². The first-order valence-corrected chi connectivity index (χ1v) is 5.16. The lowest BCUT2D eigenvalue weighted by molar-refractivity contribution is -0.128. The summed E-state index contributed by atoms with van der Waals surface area (Å²) < 4.78 is 0. The van der Waals surface area contributed by atoms with E-state index in [1.807, 2.05) is 13.8 Å². The predicted molar refractivity (Wildman–Crippen MR) is 57.9 cm³/mol. The first kappa shape index (κ1) is 13.4. The fourth-order valence-electron chi connectivity index (χ4n) is 1.08. The Morgan fingerprint density at radius 3 is 2.14 bits per heavy atom. The van der Waals surface area contributed by atoms with Gasteiger partial charge in [0.15, 0.2) is 0 Å². The number of carbonyl (C=O) groups excluding carboxylic acids is 1. The van der Waals surface area contributed by atoms with Crippen LogP contribution in [-0.4, -0.2) is 24.2 Å². The van der Waals surface area contributed by atoms with Crippen molar-refractivity contribution in [1.82, 2.24) is 5.32 Å². The summed E-state index contributed by atoms with van der Waals surface area (Å²) in [4.78, 5) is 11.6. The molecule has 84 valence electrons. The molecule has 1 amide bonds. The molecule has 0 saturated heterocycles. The summed E-state index contributed by atoms with van der Waals surface area (Å²) >= 11 is 0. The number of hydrogen-bond acceptors (Lipinski definition) is 2. The molecule has 0 aliphatic carbocycles. The summed E-state index contributed by atoms with van der Waals surface area (Å²) in [6, 6.07) is 0. The van der Waals surface area contributed by atoms with Gasteiger partial charge in [-0.1, -0.05) is 34.6 Å². The summed E-state index contributed by atoms with van der Waals surface area (Å²) in [6.07, 6.45) is 0. The standard InChI is InChI=1S/C11H23NO2/c1-8(2)9(6-13)10(14)12-7-11(3,4)5/h8-9,13H,6-7H2,1-5H3,(H,12,14). The third-order valence-corrected chi connectivity index (χ3v) is 2.13. The molecular weight excluding hydrogens is 178 g/mol. The second-order valence-electron chi connectivity index (χ2n) is 5.31. The topological polar surface area (TPSA) is 49.3 Å². The molecule has 0 aromatic heterocycles. The van der Waals surface area contributed by atoms with Gasteiger partial charge in [-0.2, -0.15) is 0 Å². The van der Waals surface area contributed by atoms with Crippen LogP contribution in [0.4, 0.5) is 0 Å². The smallest absolute Gasteiger partial charge is 0.225 e. The van der Waals surface area contributed by atoms with Crippen molar-refractivity contribution in [3.63, 3.8) is 0 Å². The Hall–Kier alpha value is -0.570. The van der Waals surface area contributed by atoms with Gasteiger partial charge < -0.3 is 10.4 Å². The number of hydrogen-bond donors (Lipinski definition) is 2. The van der Waals surface area contributed by atoms with Crippen LogP contribution in [-0.2, 0) is 4.79 Å². The Morgan fingerprint density at radius 2 is 1.86 bits per heavy atom. The van der Waals surface area contributed by atoms with Gasteiger partial charge in [-0.25, -0.2) is 0 Å². The Balaban J connectivity index is 4.06. The molecule has 2 N–H and O–H groups in total. The number of amides is 1. The van der Waals surface area contributed by atoms with E-state index in [0.717, 1.165) is 0 Å². The Bertz CT molecular complexity index is 182. The molecule has 14 heavy (non-hydrogen) atoms. The molecule has 0 rings (SSSR count). The highest BCUT2D eigenvalue weighted by molar-refractivity contribution is 5.79. The number of carbonyl (C=O) groups is 1. The molecular formula is C11H23NO2. The molecule has 3 nitrogen and oxygen atoms in total. The third-order valence-electron chi connectivity index (χ3n) is 2.13. The van der Waals surface area contributed by atoms with E-state index in [9.17, 15) is 4.79 Å². The van der Waals surface area contributed by atoms with Crippen LogP contribution < -0.4 is 5.32 Å².